The first-order chi connectivity index (χ1) is 15.6. The molecule has 1 amide bonds. The van der Waals surface area contributed by atoms with E-state index in [0.717, 1.165) is 50.3 Å². The zero-order valence-corrected chi connectivity index (χ0v) is 18.3. The second-order valence-electron chi connectivity index (χ2n) is 8.94. The smallest absolute Gasteiger partial charge is 0.247 e. The van der Waals surface area contributed by atoms with Crippen molar-refractivity contribution in [1.29, 1.82) is 5.26 Å². The highest BCUT2D eigenvalue weighted by molar-refractivity contribution is 6.02. The molecule has 8 nitrogen and oxygen atoms in total. The Bertz CT molecular complexity index is 1030. The number of amides is 1. The van der Waals surface area contributed by atoms with Crippen LogP contribution >= 0.6 is 0 Å². The zero-order valence-electron chi connectivity index (χ0n) is 18.3. The van der Waals surface area contributed by atoms with Crippen molar-refractivity contribution >= 4 is 28.9 Å². The molecule has 0 unspecified atom stereocenters. The summed E-state index contributed by atoms with van der Waals surface area (Å²) in [5.74, 6) is 1.45. The monoisotopic (exact) mass is 432 g/mol. The summed E-state index contributed by atoms with van der Waals surface area (Å²) < 4.78 is 5.46. The first-order valence-electron chi connectivity index (χ1n) is 11.3. The van der Waals surface area contributed by atoms with Gasteiger partial charge >= 0.3 is 0 Å². The number of nitrogens with one attached hydrogen (secondary N) is 1. The fraction of sp³-hybridized carbons (Fsp3) is 0.500. The zero-order chi connectivity index (χ0) is 22.1. The minimum atomic E-state index is -0.843. The lowest BCUT2D eigenvalue weighted by atomic mass is 9.83. The summed E-state index contributed by atoms with van der Waals surface area (Å²) in [6, 6.07) is 10.5. The van der Waals surface area contributed by atoms with Crippen LogP contribution in [-0.2, 0) is 9.53 Å². The Morgan fingerprint density at radius 1 is 1.19 bits per heavy atom. The molecule has 3 aliphatic rings. The van der Waals surface area contributed by atoms with E-state index in [4.69, 9.17) is 4.74 Å². The van der Waals surface area contributed by atoms with Gasteiger partial charge in [0.05, 0.1) is 18.0 Å². The van der Waals surface area contributed by atoms with Gasteiger partial charge in [0.25, 0.3) is 0 Å². The third-order valence-electron chi connectivity index (χ3n) is 7.04. The number of carbonyl (C=O) groups excluding carboxylic acids is 1. The van der Waals surface area contributed by atoms with E-state index in [2.05, 4.69) is 39.4 Å². The summed E-state index contributed by atoms with van der Waals surface area (Å²) in [6.45, 7) is 2.18. The molecule has 5 rings (SSSR count). The Morgan fingerprint density at radius 3 is 2.69 bits per heavy atom. The third kappa shape index (κ3) is 3.78. The molecule has 0 radical (unpaired) electrons. The van der Waals surface area contributed by atoms with Crippen molar-refractivity contribution in [3.8, 4) is 6.07 Å². The van der Waals surface area contributed by atoms with E-state index in [0.29, 0.717) is 30.6 Å². The molecule has 2 aromatic heterocycles. The number of hydrogen-bond donors (Lipinski definition) is 1. The second kappa shape index (κ2) is 8.40. The fourth-order valence-corrected chi connectivity index (χ4v) is 4.87. The van der Waals surface area contributed by atoms with Crippen molar-refractivity contribution in [2.75, 3.05) is 41.9 Å². The summed E-state index contributed by atoms with van der Waals surface area (Å²) in [6.07, 6.45) is 8.14. The van der Waals surface area contributed by atoms with Crippen LogP contribution in [0, 0.1) is 22.7 Å². The second-order valence-corrected chi connectivity index (χ2v) is 8.94. The SMILES string of the molecule is CN(c1ccc(Nc2cc(N3CC[C@@](C#N)(C4CC4)C3=O)ccn2)nc1)C1CCOCC1. The molecule has 0 aromatic carbocycles. The van der Waals surface area contributed by atoms with Crippen LogP contribution in [0.3, 0.4) is 0 Å². The molecule has 8 heteroatoms. The molecule has 166 valence electrons. The molecule has 0 bridgehead atoms. The Kier molecular flexibility index (Phi) is 5.43. The number of rotatable bonds is 6. The van der Waals surface area contributed by atoms with Crippen molar-refractivity contribution in [2.24, 2.45) is 11.3 Å². The molecule has 2 saturated heterocycles. The Morgan fingerprint density at radius 2 is 2.00 bits per heavy atom. The van der Waals surface area contributed by atoms with Crippen LogP contribution in [0.15, 0.2) is 36.7 Å². The quantitative estimate of drug-likeness (QED) is 0.747. The lowest BCUT2D eigenvalue weighted by molar-refractivity contribution is -0.123. The largest absolute Gasteiger partial charge is 0.381 e. The predicted octanol–water partition coefficient (Wildman–Crippen LogP) is 3.49. The summed E-state index contributed by atoms with van der Waals surface area (Å²) in [5.41, 5.74) is 0.992. The van der Waals surface area contributed by atoms with E-state index in [9.17, 15) is 10.1 Å². The molecule has 3 fully saturated rings. The minimum absolute atomic E-state index is 0.0710. The number of anilines is 4. The predicted molar refractivity (Wildman–Crippen MR) is 122 cm³/mol. The number of nitrogens with zero attached hydrogens (tertiary/aromatic N) is 5. The van der Waals surface area contributed by atoms with Crippen LogP contribution in [0.1, 0.15) is 32.1 Å². The molecule has 1 aliphatic carbocycles. The molecule has 4 heterocycles. The third-order valence-corrected chi connectivity index (χ3v) is 7.04. The maximum absolute atomic E-state index is 13.1. The number of nitriles is 1. The van der Waals surface area contributed by atoms with Crippen LogP contribution in [0.2, 0.25) is 0 Å². The number of hydrogen-bond acceptors (Lipinski definition) is 7. The molecule has 1 saturated carbocycles. The fourth-order valence-electron chi connectivity index (χ4n) is 4.87. The summed E-state index contributed by atoms with van der Waals surface area (Å²) in [4.78, 5) is 26.0. The highest BCUT2D eigenvalue weighted by Crippen LogP contribution is 2.51. The highest BCUT2D eigenvalue weighted by atomic mass is 16.5. The molecule has 2 aliphatic heterocycles. The topological polar surface area (TPSA) is 94.4 Å². The van der Waals surface area contributed by atoms with Gasteiger partial charge < -0.3 is 19.9 Å². The Balaban J connectivity index is 1.27. The normalized spacial score (nSPS) is 23.8. The maximum Gasteiger partial charge on any atom is 0.247 e. The van der Waals surface area contributed by atoms with E-state index in [1.165, 1.54) is 0 Å². The maximum atomic E-state index is 13.1. The van der Waals surface area contributed by atoms with Gasteiger partial charge in [0.15, 0.2) is 0 Å². The molecule has 32 heavy (non-hydrogen) atoms. The van der Waals surface area contributed by atoms with Crippen LogP contribution < -0.4 is 15.1 Å². The molecule has 2 aromatic rings. The number of aromatic nitrogens is 2. The first kappa shape index (κ1) is 20.7. The van der Waals surface area contributed by atoms with Gasteiger partial charge in [-0.15, -0.1) is 0 Å². The average Bonchev–Trinajstić information content (AvgIpc) is 3.63. The Hall–Kier alpha value is -3.18. The lowest BCUT2D eigenvalue weighted by Crippen LogP contribution is -2.36. The molecular weight excluding hydrogens is 404 g/mol. The summed E-state index contributed by atoms with van der Waals surface area (Å²) in [5, 5.41) is 13.0. The van der Waals surface area contributed by atoms with E-state index < -0.39 is 5.41 Å². The van der Waals surface area contributed by atoms with Crippen molar-refractivity contribution < 1.29 is 9.53 Å². The van der Waals surface area contributed by atoms with Gasteiger partial charge in [-0.25, -0.2) is 9.97 Å². The van der Waals surface area contributed by atoms with Gasteiger partial charge in [-0.1, -0.05) is 0 Å². The van der Waals surface area contributed by atoms with Crippen molar-refractivity contribution in [1.82, 2.24) is 9.97 Å². The van der Waals surface area contributed by atoms with E-state index in [1.807, 2.05) is 24.4 Å². The van der Waals surface area contributed by atoms with Gasteiger partial charge in [-0.2, -0.15) is 5.26 Å². The van der Waals surface area contributed by atoms with Gasteiger partial charge in [0.1, 0.15) is 17.1 Å². The van der Waals surface area contributed by atoms with E-state index >= 15 is 0 Å². The van der Waals surface area contributed by atoms with Crippen molar-refractivity contribution in [3.05, 3.63) is 36.7 Å². The van der Waals surface area contributed by atoms with Gasteiger partial charge in [0, 0.05) is 50.8 Å². The minimum Gasteiger partial charge on any atom is -0.381 e. The first-order valence-corrected chi connectivity index (χ1v) is 11.3. The van der Waals surface area contributed by atoms with Gasteiger partial charge in [0.2, 0.25) is 5.91 Å². The molecule has 1 N–H and O–H groups in total. The van der Waals surface area contributed by atoms with Gasteiger partial charge in [-0.3, -0.25) is 4.79 Å². The molecule has 1 atom stereocenters. The van der Waals surface area contributed by atoms with Crippen LogP contribution in [-0.4, -0.2) is 48.7 Å². The number of carbonyl (C=O) groups is 1. The van der Waals surface area contributed by atoms with Crippen LogP contribution in [0.5, 0.6) is 0 Å². The molecule has 0 spiro atoms. The summed E-state index contributed by atoms with van der Waals surface area (Å²) >= 11 is 0. The average molecular weight is 433 g/mol. The number of ether oxygens (including phenoxy) is 1. The van der Waals surface area contributed by atoms with Crippen molar-refractivity contribution in [2.45, 2.75) is 38.1 Å². The number of pyridine rings is 2. The molecular formula is C24H28N6O2. The van der Waals surface area contributed by atoms with Crippen molar-refractivity contribution in [3.63, 3.8) is 0 Å². The highest BCUT2D eigenvalue weighted by Gasteiger charge is 2.56. The standard InChI is InChI=1S/C24H28N6O2/c1-29(18-7-12-32-13-8-18)20-4-5-21(27-15-20)28-22-14-19(6-10-26-22)30-11-9-24(16-25,23(30)31)17-2-3-17/h4-6,10,14-15,17-18H,2-3,7-9,11-13H2,1H3,(H,26,27,28)/t24-/m1/s1. The van der Waals surface area contributed by atoms with Crippen LogP contribution in [0.4, 0.5) is 23.0 Å². The van der Waals surface area contributed by atoms with Gasteiger partial charge in [-0.05, 0) is 56.2 Å². The van der Waals surface area contributed by atoms with E-state index in [-0.39, 0.29) is 11.8 Å². The lowest BCUT2D eigenvalue weighted by Gasteiger charge is -2.32. The summed E-state index contributed by atoms with van der Waals surface area (Å²) in [7, 11) is 2.10. The Labute approximate surface area is 188 Å². The van der Waals surface area contributed by atoms with E-state index in [1.54, 1.807) is 11.1 Å². The van der Waals surface area contributed by atoms with Crippen LogP contribution in [0.25, 0.3) is 0 Å².